The first kappa shape index (κ1) is 15.5. The second kappa shape index (κ2) is 6.00. The van der Waals surface area contributed by atoms with E-state index in [9.17, 15) is 0 Å². The van der Waals surface area contributed by atoms with Gasteiger partial charge in [0.1, 0.15) is 0 Å². The lowest BCUT2D eigenvalue weighted by atomic mass is 9.90. The summed E-state index contributed by atoms with van der Waals surface area (Å²) >= 11 is 5.63. The molecule has 3 heteroatoms. The minimum atomic E-state index is 0.757. The summed E-state index contributed by atoms with van der Waals surface area (Å²) in [5.74, 6) is 3.14. The molecule has 1 fully saturated rings. The van der Waals surface area contributed by atoms with Gasteiger partial charge >= 0.3 is 0 Å². The molecule has 1 aromatic rings. The van der Waals surface area contributed by atoms with Crippen LogP contribution in [0.2, 0.25) is 0 Å². The summed E-state index contributed by atoms with van der Waals surface area (Å²) in [7, 11) is 0. The predicted octanol–water partition coefficient (Wildman–Crippen LogP) is 5.63. The maximum absolute atomic E-state index is 3.75. The van der Waals surface area contributed by atoms with E-state index in [-0.39, 0.29) is 0 Å². The first-order valence-electron chi connectivity index (χ1n) is 7.81. The van der Waals surface area contributed by atoms with E-state index < -0.39 is 0 Å². The number of thioether (sulfide) groups is 1. The Morgan fingerprint density at radius 1 is 1.14 bits per heavy atom. The van der Waals surface area contributed by atoms with Crippen LogP contribution in [0.15, 0.2) is 28.1 Å². The summed E-state index contributed by atoms with van der Waals surface area (Å²) in [4.78, 5) is 0. The highest BCUT2D eigenvalue weighted by molar-refractivity contribution is 9.10. The third kappa shape index (κ3) is 2.79. The van der Waals surface area contributed by atoms with Gasteiger partial charge in [0.25, 0.3) is 0 Å². The van der Waals surface area contributed by atoms with Crippen molar-refractivity contribution >= 4 is 33.4 Å². The number of hydrogen-bond donors (Lipinski definition) is 1. The van der Waals surface area contributed by atoms with Crippen molar-refractivity contribution in [2.45, 2.75) is 32.9 Å². The maximum atomic E-state index is 3.75. The molecule has 0 aromatic heterocycles. The van der Waals surface area contributed by atoms with Gasteiger partial charge in [-0.15, -0.1) is 11.8 Å². The topological polar surface area (TPSA) is 12.0 Å². The molecule has 21 heavy (non-hydrogen) atoms. The molecule has 1 aliphatic carbocycles. The molecule has 1 saturated carbocycles. The quantitative estimate of drug-likeness (QED) is 0.745. The van der Waals surface area contributed by atoms with E-state index in [1.54, 1.807) is 0 Å². The highest BCUT2D eigenvalue weighted by Gasteiger charge is 2.46. The number of allylic oxidation sites excluding steroid dienone is 1. The molecule has 5 unspecified atom stereocenters. The van der Waals surface area contributed by atoms with Crippen LogP contribution in [0, 0.1) is 37.5 Å². The number of benzene rings is 1. The molecule has 5 atom stereocenters. The van der Waals surface area contributed by atoms with Gasteiger partial charge in [-0.1, -0.05) is 35.9 Å². The van der Waals surface area contributed by atoms with Crippen molar-refractivity contribution in [3.63, 3.8) is 0 Å². The Labute approximate surface area is 141 Å². The summed E-state index contributed by atoms with van der Waals surface area (Å²) in [6, 6.07) is 4.40. The normalized spacial score (nSPS) is 34.2. The monoisotopic (exact) mass is 365 g/mol. The number of hydrogen-bond acceptors (Lipinski definition) is 2. The van der Waals surface area contributed by atoms with Gasteiger partial charge in [0, 0.05) is 22.0 Å². The number of halogens is 1. The van der Waals surface area contributed by atoms with Crippen LogP contribution in [0.25, 0.3) is 0 Å². The molecule has 1 N–H and O–H groups in total. The fraction of sp³-hybridized carbons (Fsp3) is 0.556. The van der Waals surface area contributed by atoms with E-state index in [0.717, 1.165) is 35.5 Å². The van der Waals surface area contributed by atoms with Crippen molar-refractivity contribution in [2.24, 2.45) is 23.7 Å². The Bertz CT molecular complexity index is 545. The van der Waals surface area contributed by atoms with Gasteiger partial charge in [-0.05, 0) is 66.2 Å². The molecular weight excluding hydrogens is 342 g/mol. The number of rotatable bonds is 3. The van der Waals surface area contributed by atoms with Gasteiger partial charge in [0.15, 0.2) is 0 Å². The van der Waals surface area contributed by atoms with Crippen LogP contribution >= 0.6 is 27.7 Å². The molecule has 0 radical (unpaired) electrons. The Kier molecular flexibility index (Phi) is 4.42. The van der Waals surface area contributed by atoms with Crippen molar-refractivity contribution < 1.29 is 0 Å². The SMILES string of the molecule is Cc1cc(Br)cc(C)c1NCC1C(C)C(C)C2C=CSC21. The molecule has 2 aliphatic rings. The molecule has 0 saturated heterocycles. The third-order valence-corrected chi connectivity index (χ3v) is 7.21. The standard InChI is InChI=1S/C18H24BrNS/c1-10-7-14(19)8-11(2)17(10)20-9-16-13(4)12(3)15-5-6-21-18(15)16/h5-8,12-13,15-16,18,20H,9H2,1-4H3. The molecular formula is C18H24BrNS. The number of nitrogens with one attached hydrogen (secondary N) is 1. The average Bonchev–Trinajstić information content (AvgIpc) is 2.96. The van der Waals surface area contributed by atoms with Crippen molar-refractivity contribution in [3.05, 3.63) is 39.2 Å². The second-order valence-electron chi connectivity index (χ2n) is 6.68. The van der Waals surface area contributed by atoms with Crippen LogP contribution in [0.5, 0.6) is 0 Å². The van der Waals surface area contributed by atoms with E-state index in [4.69, 9.17) is 0 Å². The summed E-state index contributed by atoms with van der Waals surface area (Å²) in [6.07, 6.45) is 2.44. The van der Waals surface area contributed by atoms with Crippen molar-refractivity contribution in [2.75, 3.05) is 11.9 Å². The van der Waals surface area contributed by atoms with Crippen LogP contribution < -0.4 is 5.32 Å². The molecule has 3 rings (SSSR count). The molecule has 1 aromatic carbocycles. The summed E-state index contributed by atoms with van der Waals surface area (Å²) in [5.41, 5.74) is 3.97. The second-order valence-corrected chi connectivity index (χ2v) is 8.69. The zero-order valence-electron chi connectivity index (χ0n) is 13.2. The van der Waals surface area contributed by atoms with E-state index in [0.29, 0.717) is 0 Å². The summed E-state index contributed by atoms with van der Waals surface area (Å²) < 4.78 is 1.17. The summed E-state index contributed by atoms with van der Waals surface area (Å²) in [5, 5.41) is 6.85. The van der Waals surface area contributed by atoms with Crippen molar-refractivity contribution in [1.29, 1.82) is 0 Å². The van der Waals surface area contributed by atoms with Gasteiger partial charge in [-0.3, -0.25) is 0 Å². The van der Waals surface area contributed by atoms with E-state index in [2.05, 4.69) is 72.6 Å². The summed E-state index contributed by atoms with van der Waals surface area (Å²) in [6.45, 7) is 10.3. The Morgan fingerprint density at radius 3 is 2.48 bits per heavy atom. The fourth-order valence-corrected chi connectivity index (χ4v) is 6.25. The van der Waals surface area contributed by atoms with Crippen LogP contribution in [0.1, 0.15) is 25.0 Å². The number of fused-ring (bicyclic) bond motifs is 1. The molecule has 0 spiro atoms. The van der Waals surface area contributed by atoms with Gasteiger partial charge in [-0.25, -0.2) is 0 Å². The van der Waals surface area contributed by atoms with E-state index in [1.807, 2.05) is 11.8 Å². The number of anilines is 1. The Balaban J connectivity index is 1.74. The van der Waals surface area contributed by atoms with Crippen LogP contribution in [-0.4, -0.2) is 11.8 Å². The van der Waals surface area contributed by atoms with E-state index in [1.165, 1.54) is 21.3 Å². The lowest BCUT2D eigenvalue weighted by molar-refractivity contribution is 0.357. The van der Waals surface area contributed by atoms with Crippen LogP contribution in [0.4, 0.5) is 5.69 Å². The van der Waals surface area contributed by atoms with Crippen LogP contribution in [-0.2, 0) is 0 Å². The highest BCUT2D eigenvalue weighted by Crippen LogP contribution is 2.51. The molecule has 1 aliphatic heterocycles. The third-order valence-electron chi connectivity index (χ3n) is 5.46. The predicted molar refractivity (Wildman–Crippen MR) is 97.9 cm³/mol. The Hall–Kier alpha value is -0.410. The largest absolute Gasteiger partial charge is 0.384 e. The van der Waals surface area contributed by atoms with Crippen molar-refractivity contribution in [3.8, 4) is 0 Å². The first-order valence-corrected chi connectivity index (χ1v) is 9.55. The fourth-order valence-electron chi connectivity index (χ4n) is 4.04. The zero-order chi connectivity index (χ0) is 15.1. The smallest absolute Gasteiger partial charge is 0.0400 e. The molecule has 114 valence electrons. The highest BCUT2D eigenvalue weighted by atomic mass is 79.9. The average molecular weight is 366 g/mol. The lowest BCUT2D eigenvalue weighted by Crippen LogP contribution is -2.25. The molecule has 0 bridgehead atoms. The van der Waals surface area contributed by atoms with Gasteiger partial charge in [0.2, 0.25) is 0 Å². The van der Waals surface area contributed by atoms with Gasteiger partial charge in [0.05, 0.1) is 0 Å². The Morgan fingerprint density at radius 2 is 1.81 bits per heavy atom. The number of aryl methyl sites for hydroxylation is 2. The zero-order valence-corrected chi connectivity index (χ0v) is 15.6. The van der Waals surface area contributed by atoms with Crippen LogP contribution in [0.3, 0.4) is 0 Å². The van der Waals surface area contributed by atoms with Gasteiger partial charge in [-0.2, -0.15) is 0 Å². The first-order chi connectivity index (χ1) is 9.99. The minimum absolute atomic E-state index is 0.757. The lowest BCUT2D eigenvalue weighted by Gasteiger charge is -2.24. The molecule has 1 heterocycles. The molecule has 0 amide bonds. The van der Waals surface area contributed by atoms with E-state index >= 15 is 0 Å². The maximum Gasteiger partial charge on any atom is 0.0400 e. The minimum Gasteiger partial charge on any atom is -0.384 e. The van der Waals surface area contributed by atoms with Crippen molar-refractivity contribution in [1.82, 2.24) is 0 Å². The molecule has 1 nitrogen and oxygen atoms in total. The van der Waals surface area contributed by atoms with Gasteiger partial charge < -0.3 is 5.32 Å².